The molecule has 0 aromatic heterocycles. The first kappa shape index (κ1) is 13.7. The zero-order chi connectivity index (χ0) is 14.0. The van der Waals surface area contributed by atoms with E-state index < -0.39 is 15.8 Å². The van der Waals surface area contributed by atoms with E-state index in [1.165, 1.54) is 18.2 Å². The molecule has 4 N–H and O–H groups in total. The first-order chi connectivity index (χ1) is 8.87. The Morgan fingerprint density at radius 3 is 2.79 bits per heavy atom. The largest absolute Gasteiger partial charge is 0.478 e. The standard InChI is InChI=1S/C12H16N2O4S/c13-10-2-1-9(12(15)16)5-11(10)14-6-8-3-4-19(17,18)7-8/h1-2,5,8,14H,3-4,6-7,13H2,(H,15,16). The van der Waals surface area contributed by atoms with Gasteiger partial charge < -0.3 is 16.2 Å². The molecule has 6 nitrogen and oxygen atoms in total. The van der Waals surface area contributed by atoms with E-state index in [0.717, 1.165) is 0 Å². The van der Waals surface area contributed by atoms with E-state index in [0.29, 0.717) is 24.3 Å². The van der Waals surface area contributed by atoms with Gasteiger partial charge in [-0.15, -0.1) is 0 Å². The second-order valence-corrected chi connectivity index (χ2v) is 6.99. The van der Waals surface area contributed by atoms with E-state index >= 15 is 0 Å². The molecule has 0 radical (unpaired) electrons. The molecule has 1 atom stereocenters. The second-order valence-electron chi connectivity index (χ2n) is 4.76. The molecule has 0 amide bonds. The highest BCUT2D eigenvalue weighted by Gasteiger charge is 2.27. The predicted octanol–water partition coefficient (Wildman–Crippen LogP) is 0.814. The number of nitrogen functional groups attached to an aromatic ring is 1. The van der Waals surface area contributed by atoms with Crippen LogP contribution in [0.2, 0.25) is 0 Å². The molecule has 1 aliphatic rings. The van der Waals surface area contributed by atoms with Crippen LogP contribution in [0, 0.1) is 5.92 Å². The average molecular weight is 284 g/mol. The Bertz CT molecular complexity index is 598. The Kier molecular flexibility index (Phi) is 3.66. The lowest BCUT2D eigenvalue weighted by atomic mass is 10.1. The van der Waals surface area contributed by atoms with Crippen LogP contribution in [0.4, 0.5) is 11.4 Å². The number of carboxylic acids is 1. The van der Waals surface area contributed by atoms with Gasteiger partial charge in [0.1, 0.15) is 0 Å². The van der Waals surface area contributed by atoms with E-state index in [4.69, 9.17) is 10.8 Å². The maximum absolute atomic E-state index is 11.3. The molecule has 0 spiro atoms. The minimum absolute atomic E-state index is 0.0536. The molecule has 0 saturated carbocycles. The summed E-state index contributed by atoms with van der Waals surface area (Å²) in [6, 6.07) is 4.42. The molecule has 1 fully saturated rings. The zero-order valence-electron chi connectivity index (χ0n) is 10.3. The van der Waals surface area contributed by atoms with E-state index in [2.05, 4.69) is 5.32 Å². The summed E-state index contributed by atoms with van der Waals surface area (Å²) in [6.45, 7) is 0.479. The van der Waals surface area contributed by atoms with Crippen LogP contribution in [-0.2, 0) is 9.84 Å². The van der Waals surface area contributed by atoms with Crippen LogP contribution in [-0.4, -0.2) is 37.5 Å². The van der Waals surface area contributed by atoms with Crippen LogP contribution in [0.15, 0.2) is 18.2 Å². The molecular formula is C12H16N2O4S. The summed E-state index contributed by atoms with van der Waals surface area (Å²) in [4.78, 5) is 10.9. The van der Waals surface area contributed by atoms with Gasteiger partial charge in [0, 0.05) is 6.54 Å². The van der Waals surface area contributed by atoms with Gasteiger partial charge in [0.05, 0.1) is 28.4 Å². The summed E-state index contributed by atoms with van der Waals surface area (Å²) in [5.74, 6) is -0.563. The fraction of sp³-hybridized carbons (Fsp3) is 0.417. The van der Waals surface area contributed by atoms with Gasteiger partial charge in [-0.2, -0.15) is 0 Å². The van der Waals surface area contributed by atoms with Gasteiger partial charge in [0.2, 0.25) is 0 Å². The van der Waals surface area contributed by atoms with Crippen LogP contribution in [0.25, 0.3) is 0 Å². The smallest absolute Gasteiger partial charge is 0.335 e. The highest BCUT2D eigenvalue weighted by atomic mass is 32.2. The first-order valence-corrected chi connectivity index (χ1v) is 7.76. The molecular weight excluding hydrogens is 268 g/mol. The fourth-order valence-electron chi connectivity index (χ4n) is 2.13. The topological polar surface area (TPSA) is 109 Å². The van der Waals surface area contributed by atoms with E-state index in [1.54, 1.807) is 0 Å². The maximum atomic E-state index is 11.3. The minimum Gasteiger partial charge on any atom is -0.478 e. The Labute approximate surface area is 111 Å². The number of nitrogens with one attached hydrogen (secondary N) is 1. The molecule has 1 unspecified atom stereocenters. The Hall–Kier alpha value is -1.76. The third-order valence-electron chi connectivity index (χ3n) is 3.21. The number of hydrogen-bond donors (Lipinski definition) is 3. The summed E-state index contributed by atoms with van der Waals surface area (Å²) < 4.78 is 22.7. The molecule has 1 saturated heterocycles. The predicted molar refractivity (Wildman–Crippen MR) is 73.1 cm³/mol. The molecule has 0 aliphatic carbocycles. The summed E-state index contributed by atoms with van der Waals surface area (Å²) in [6.07, 6.45) is 0.633. The Morgan fingerprint density at radius 2 is 2.21 bits per heavy atom. The number of benzene rings is 1. The zero-order valence-corrected chi connectivity index (χ0v) is 11.1. The molecule has 104 valence electrons. The summed E-state index contributed by atoms with van der Waals surface area (Å²) in [5, 5.41) is 11.9. The van der Waals surface area contributed by atoms with Crippen LogP contribution in [0.1, 0.15) is 16.8 Å². The average Bonchev–Trinajstić information content (AvgIpc) is 2.67. The number of carboxylic acid groups (broad SMARTS) is 1. The molecule has 0 bridgehead atoms. The number of nitrogens with two attached hydrogens (primary N) is 1. The highest BCUT2D eigenvalue weighted by Crippen LogP contribution is 2.23. The van der Waals surface area contributed by atoms with Crippen LogP contribution in [0.5, 0.6) is 0 Å². The Morgan fingerprint density at radius 1 is 1.47 bits per heavy atom. The van der Waals surface area contributed by atoms with Crippen molar-refractivity contribution < 1.29 is 18.3 Å². The van der Waals surface area contributed by atoms with Crippen molar-refractivity contribution in [2.75, 3.05) is 29.1 Å². The van der Waals surface area contributed by atoms with Gasteiger partial charge in [-0.05, 0) is 30.5 Å². The number of hydrogen-bond acceptors (Lipinski definition) is 5. The number of anilines is 2. The third-order valence-corrected chi connectivity index (χ3v) is 5.05. The fourth-order valence-corrected chi connectivity index (χ4v) is 3.99. The van der Waals surface area contributed by atoms with Crippen molar-refractivity contribution in [2.24, 2.45) is 5.92 Å². The monoisotopic (exact) mass is 284 g/mol. The van der Waals surface area contributed by atoms with Gasteiger partial charge >= 0.3 is 5.97 Å². The van der Waals surface area contributed by atoms with Gasteiger partial charge in [-0.3, -0.25) is 0 Å². The number of rotatable bonds is 4. The molecule has 19 heavy (non-hydrogen) atoms. The van der Waals surface area contributed by atoms with Gasteiger partial charge in [0.25, 0.3) is 0 Å². The maximum Gasteiger partial charge on any atom is 0.335 e. The minimum atomic E-state index is -2.90. The van der Waals surface area contributed by atoms with Crippen molar-refractivity contribution >= 4 is 27.2 Å². The van der Waals surface area contributed by atoms with Crippen molar-refractivity contribution in [1.82, 2.24) is 0 Å². The SMILES string of the molecule is Nc1ccc(C(=O)O)cc1NCC1CCS(=O)(=O)C1. The summed E-state index contributed by atoms with van der Waals surface area (Å²) in [5.41, 5.74) is 6.88. The third kappa shape index (κ3) is 3.37. The van der Waals surface area contributed by atoms with Gasteiger partial charge in [-0.1, -0.05) is 0 Å². The van der Waals surface area contributed by atoms with E-state index in [1.807, 2.05) is 0 Å². The molecule has 1 aromatic rings. The van der Waals surface area contributed by atoms with Gasteiger partial charge in [0.15, 0.2) is 9.84 Å². The van der Waals surface area contributed by atoms with Crippen molar-refractivity contribution in [3.63, 3.8) is 0 Å². The molecule has 2 rings (SSSR count). The van der Waals surface area contributed by atoms with Crippen molar-refractivity contribution in [1.29, 1.82) is 0 Å². The molecule has 1 aromatic carbocycles. The molecule has 7 heteroatoms. The summed E-state index contributed by atoms with van der Waals surface area (Å²) in [7, 11) is -2.90. The molecule has 1 heterocycles. The normalized spacial score (nSPS) is 21.2. The lowest BCUT2D eigenvalue weighted by Gasteiger charge is -2.13. The van der Waals surface area contributed by atoms with Gasteiger partial charge in [-0.25, -0.2) is 13.2 Å². The van der Waals surface area contributed by atoms with Crippen molar-refractivity contribution in [3.8, 4) is 0 Å². The summed E-state index contributed by atoms with van der Waals surface area (Å²) >= 11 is 0. The number of sulfone groups is 1. The lowest BCUT2D eigenvalue weighted by molar-refractivity contribution is 0.0697. The van der Waals surface area contributed by atoms with Crippen LogP contribution >= 0.6 is 0 Å². The Balaban J connectivity index is 2.03. The van der Waals surface area contributed by atoms with Crippen LogP contribution in [0.3, 0.4) is 0 Å². The quantitative estimate of drug-likeness (QED) is 0.706. The second kappa shape index (κ2) is 5.08. The number of aromatic carboxylic acids is 1. The van der Waals surface area contributed by atoms with Crippen LogP contribution < -0.4 is 11.1 Å². The number of carbonyl (C=O) groups is 1. The lowest BCUT2D eigenvalue weighted by Crippen LogP contribution is -2.16. The van der Waals surface area contributed by atoms with E-state index in [-0.39, 0.29) is 23.0 Å². The van der Waals surface area contributed by atoms with E-state index in [9.17, 15) is 13.2 Å². The molecule has 1 aliphatic heterocycles. The van der Waals surface area contributed by atoms with Crippen molar-refractivity contribution in [2.45, 2.75) is 6.42 Å². The van der Waals surface area contributed by atoms with Crippen molar-refractivity contribution in [3.05, 3.63) is 23.8 Å². The first-order valence-electron chi connectivity index (χ1n) is 5.94. The highest BCUT2D eigenvalue weighted by molar-refractivity contribution is 7.91.